The molecule has 3 aromatic rings. The lowest BCUT2D eigenvalue weighted by Crippen LogP contribution is -2.45. The van der Waals surface area contributed by atoms with Crippen LogP contribution in [0.4, 0.5) is 5.82 Å². The second-order valence-electron chi connectivity index (χ2n) is 10.7. The summed E-state index contributed by atoms with van der Waals surface area (Å²) < 4.78 is 5.92. The molecule has 206 valence electrons. The number of ether oxygens (including phenoxy) is 1. The van der Waals surface area contributed by atoms with Crippen LogP contribution in [0.2, 0.25) is 10.0 Å². The number of nitrogens with two attached hydrogens (primary N) is 2. The summed E-state index contributed by atoms with van der Waals surface area (Å²) in [6.45, 7) is 6.35. The largest absolute Gasteiger partial charge is 0.474 e. The lowest BCUT2D eigenvalue weighted by molar-refractivity contribution is -0.127. The highest BCUT2D eigenvalue weighted by Crippen LogP contribution is 2.36. The Kier molecular flexibility index (Phi) is 8.39. The van der Waals surface area contributed by atoms with E-state index in [-0.39, 0.29) is 18.4 Å². The zero-order chi connectivity index (χ0) is 28.4. The predicted molar refractivity (Wildman–Crippen MR) is 156 cm³/mol. The van der Waals surface area contributed by atoms with Crippen LogP contribution in [0.1, 0.15) is 50.6 Å². The second-order valence-corrected chi connectivity index (χ2v) is 11.5. The summed E-state index contributed by atoms with van der Waals surface area (Å²) in [6, 6.07) is 16.2. The number of carbonyl (C=O) groups is 1. The first-order valence-electron chi connectivity index (χ1n) is 12.7. The summed E-state index contributed by atoms with van der Waals surface area (Å²) in [7, 11) is 0. The summed E-state index contributed by atoms with van der Waals surface area (Å²) >= 11 is 12.7. The average Bonchev–Trinajstić information content (AvgIpc) is 2.89. The number of rotatable bonds is 8. The van der Waals surface area contributed by atoms with Crippen molar-refractivity contribution < 1.29 is 14.6 Å². The molecular formula is C29H33Cl2N5O3. The molecule has 0 radical (unpaired) electrons. The molecule has 0 unspecified atom stereocenters. The molecule has 0 saturated carbocycles. The Bertz CT molecular complexity index is 1380. The first kappa shape index (κ1) is 28.7. The number of anilines is 1. The summed E-state index contributed by atoms with van der Waals surface area (Å²) in [6.07, 6.45) is 1.17. The number of benzene rings is 2. The summed E-state index contributed by atoms with van der Waals surface area (Å²) in [5.41, 5.74) is 13.1. The fourth-order valence-electron chi connectivity index (χ4n) is 4.32. The molecule has 0 atom stereocenters. The van der Waals surface area contributed by atoms with Crippen LogP contribution in [0, 0.1) is 5.41 Å². The van der Waals surface area contributed by atoms with Gasteiger partial charge in [-0.1, -0.05) is 60.5 Å². The summed E-state index contributed by atoms with van der Waals surface area (Å²) in [5, 5.41) is 11.3. The minimum Gasteiger partial charge on any atom is -0.474 e. The van der Waals surface area contributed by atoms with Gasteiger partial charge in [-0.2, -0.15) is 4.98 Å². The Morgan fingerprint density at radius 2 is 1.72 bits per heavy atom. The number of hydrogen-bond donors (Lipinski definition) is 3. The number of aliphatic hydroxyl groups is 1. The first-order chi connectivity index (χ1) is 18.4. The van der Waals surface area contributed by atoms with Gasteiger partial charge >= 0.3 is 0 Å². The molecule has 1 aromatic heterocycles. The molecule has 1 aliphatic rings. The molecule has 4 rings (SSSR count). The number of carbonyl (C=O) groups excluding carboxylic acids is 1. The van der Waals surface area contributed by atoms with Gasteiger partial charge in [0.1, 0.15) is 12.4 Å². The molecule has 0 spiro atoms. The maximum atomic E-state index is 12.0. The number of piperidine rings is 1. The van der Waals surface area contributed by atoms with E-state index in [1.165, 1.54) is 0 Å². The fourth-order valence-corrected chi connectivity index (χ4v) is 4.69. The highest BCUT2D eigenvalue weighted by Gasteiger charge is 2.36. The van der Waals surface area contributed by atoms with Crippen LogP contribution in [-0.4, -0.2) is 46.3 Å². The van der Waals surface area contributed by atoms with Gasteiger partial charge in [-0.15, -0.1) is 0 Å². The van der Waals surface area contributed by atoms with Crippen molar-refractivity contribution in [3.8, 4) is 5.88 Å². The van der Waals surface area contributed by atoms with Crippen molar-refractivity contribution in [1.29, 1.82) is 0 Å². The predicted octanol–water partition coefficient (Wildman–Crippen LogP) is 4.90. The lowest BCUT2D eigenvalue weighted by atomic mass is 9.80. The zero-order valence-corrected chi connectivity index (χ0v) is 23.8. The molecule has 2 aromatic carbocycles. The van der Waals surface area contributed by atoms with E-state index in [1.807, 2.05) is 37.3 Å². The number of amides is 1. The minimum absolute atomic E-state index is 0.0165. The Morgan fingerprint density at radius 3 is 2.31 bits per heavy atom. The summed E-state index contributed by atoms with van der Waals surface area (Å²) in [5.74, 6) is 0.899. The zero-order valence-electron chi connectivity index (χ0n) is 22.2. The van der Waals surface area contributed by atoms with E-state index in [0.29, 0.717) is 64.5 Å². The van der Waals surface area contributed by atoms with E-state index in [9.17, 15) is 9.90 Å². The van der Waals surface area contributed by atoms with Crippen molar-refractivity contribution in [2.75, 3.05) is 24.6 Å². The number of halogens is 2. The molecule has 5 N–H and O–H groups in total. The topological polar surface area (TPSA) is 128 Å². The summed E-state index contributed by atoms with van der Waals surface area (Å²) in [4.78, 5) is 23.7. The van der Waals surface area contributed by atoms with Crippen molar-refractivity contribution in [2.24, 2.45) is 16.9 Å². The van der Waals surface area contributed by atoms with Gasteiger partial charge in [0.25, 0.3) is 0 Å². The molecule has 0 bridgehead atoms. The van der Waals surface area contributed by atoms with Crippen molar-refractivity contribution >= 4 is 46.2 Å². The number of primary amides is 1. The van der Waals surface area contributed by atoms with Gasteiger partial charge in [-0.05, 0) is 50.5 Å². The average molecular weight is 571 g/mol. The highest BCUT2D eigenvalue weighted by atomic mass is 35.5. The molecular weight excluding hydrogens is 537 g/mol. The maximum absolute atomic E-state index is 12.0. The molecule has 39 heavy (non-hydrogen) atoms. The molecule has 1 aliphatic heterocycles. The first-order valence-corrected chi connectivity index (χ1v) is 13.4. The SMILES string of the molecule is CC(C)(O)COc1cc(N2CCC(C)(C(N)=O)CC2)nc(C(=C(N)c2ccccc2Cl)c2ccc(Cl)cc2)n1. The van der Waals surface area contributed by atoms with Gasteiger partial charge in [0, 0.05) is 40.2 Å². The van der Waals surface area contributed by atoms with Gasteiger partial charge in [0.15, 0.2) is 5.82 Å². The number of hydrogen-bond acceptors (Lipinski definition) is 7. The van der Waals surface area contributed by atoms with E-state index in [4.69, 9.17) is 49.4 Å². The van der Waals surface area contributed by atoms with Crippen molar-refractivity contribution in [2.45, 2.75) is 39.2 Å². The van der Waals surface area contributed by atoms with E-state index in [1.54, 1.807) is 38.1 Å². The number of nitrogens with zero attached hydrogens (tertiary/aromatic N) is 3. The lowest BCUT2D eigenvalue weighted by Gasteiger charge is -2.38. The normalized spacial score (nSPS) is 16.0. The van der Waals surface area contributed by atoms with Crippen molar-refractivity contribution in [3.05, 3.63) is 81.6 Å². The Hall–Kier alpha value is -3.33. The highest BCUT2D eigenvalue weighted by molar-refractivity contribution is 6.32. The van der Waals surface area contributed by atoms with Crippen LogP contribution in [0.15, 0.2) is 54.6 Å². The van der Waals surface area contributed by atoms with Crippen LogP contribution < -0.4 is 21.1 Å². The van der Waals surface area contributed by atoms with E-state index >= 15 is 0 Å². The molecule has 0 aliphatic carbocycles. The standard InChI is InChI=1S/C29H33Cl2N5O3/c1-28(2,38)17-39-23-16-22(36-14-12-29(3,13-15-36)27(33)37)34-26(35-23)24(18-8-10-19(30)11-9-18)25(32)20-6-4-5-7-21(20)31/h4-11,16,38H,12-15,17,32H2,1-3H3,(H2,33,37). The second kappa shape index (κ2) is 11.4. The third-order valence-corrected chi connectivity index (χ3v) is 7.42. The van der Waals surface area contributed by atoms with Gasteiger partial charge < -0.3 is 26.2 Å². The Balaban J connectivity index is 1.86. The van der Waals surface area contributed by atoms with Gasteiger partial charge in [0.05, 0.1) is 16.9 Å². The van der Waals surface area contributed by atoms with Crippen LogP contribution in [0.5, 0.6) is 5.88 Å². The Labute approximate surface area is 238 Å². The molecule has 10 heteroatoms. The van der Waals surface area contributed by atoms with Crippen LogP contribution in [0.3, 0.4) is 0 Å². The number of aromatic nitrogens is 2. The van der Waals surface area contributed by atoms with Crippen LogP contribution in [-0.2, 0) is 4.79 Å². The molecule has 8 nitrogen and oxygen atoms in total. The van der Waals surface area contributed by atoms with Crippen LogP contribution in [0.25, 0.3) is 11.3 Å². The van der Waals surface area contributed by atoms with Gasteiger partial charge in [-0.25, -0.2) is 4.98 Å². The Morgan fingerprint density at radius 1 is 1.08 bits per heavy atom. The fraction of sp³-hybridized carbons (Fsp3) is 0.345. The molecule has 1 fully saturated rings. The van der Waals surface area contributed by atoms with Gasteiger partial charge in [-0.3, -0.25) is 4.79 Å². The smallest absolute Gasteiger partial charge is 0.223 e. The molecule has 2 heterocycles. The molecule has 1 saturated heterocycles. The van der Waals surface area contributed by atoms with Crippen LogP contribution >= 0.6 is 23.2 Å². The minimum atomic E-state index is -1.08. The third kappa shape index (κ3) is 6.82. The van der Waals surface area contributed by atoms with E-state index in [2.05, 4.69) is 4.90 Å². The third-order valence-electron chi connectivity index (χ3n) is 6.84. The van der Waals surface area contributed by atoms with Crippen molar-refractivity contribution in [1.82, 2.24) is 9.97 Å². The van der Waals surface area contributed by atoms with E-state index < -0.39 is 11.0 Å². The van der Waals surface area contributed by atoms with Crippen molar-refractivity contribution in [3.63, 3.8) is 0 Å². The van der Waals surface area contributed by atoms with E-state index in [0.717, 1.165) is 5.56 Å². The monoisotopic (exact) mass is 569 g/mol. The quantitative estimate of drug-likeness (QED) is 0.329. The molecule has 1 amide bonds. The van der Waals surface area contributed by atoms with Gasteiger partial charge in [0.2, 0.25) is 11.8 Å². The maximum Gasteiger partial charge on any atom is 0.223 e.